The van der Waals surface area contributed by atoms with E-state index in [0.29, 0.717) is 0 Å². The fraction of sp³-hybridized carbons (Fsp3) is 0.333. The monoisotopic (exact) mass is 419 g/mol. The molecule has 1 aliphatic rings. The summed E-state index contributed by atoms with van der Waals surface area (Å²) >= 11 is 3.60. The average Bonchev–Trinajstić information content (AvgIpc) is 2.61. The standard InChI is InChI=1S/C21H22BrNO.ClH/c1-23-11-5-4-8-20(23)21(24)19-12-14-6-2-3-7-16(14)18-13-15(22)9-10-17(18)19;/h2-3,6-7,9-10,12-13,20-21,24H,4-5,8,11H2,1H3;1H. The number of piperidine rings is 1. The van der Waals surface area contributed by atoms with Gasteiger partial charge in [0.2, 0.25) is 0 Å². The second-order valence-corrected chi connectivity index (χ2v) is 7.78. The highest BCUT2D eigenvalue weighted by molar-refractivity contribution is 9.10. The molecule has 0 radical (unpaired) electrons. The van der Waals surface area contributed by atoms with E-state index in [1.54, 1.807) is 0 Å². The number of hydrogen-bond donors (Lipinski definition) is 1. The van der Waals surface area contributed by atoms with Crippen molar-refractivity contribution >= 4 is 49.9 Å². The summed E-state index contributed by atoms with van der Waals surface area (Å²) < 4.78 is 1.07. The van der Waals surface area contributed by atoms with Crippen LogP contribution in [0, 0.1) is 0 Å². The van der Waals surface area contributed by atoms with E-state index in [1.807, 2.05) is 0 Å². The van der Waals surface area contributed by atoms with Crippen molar-refractivity contribution in [2.75, 3.05) is 13.6 Å². The van der Waals surface area contributed by atoms with Crippen LogP contribution in [0.5, 0.6) is 0 Å². The number of aliphatic hydroxyl groups excluding tert-OH is 1. The van der Waals surface area contributed by atoms with E-state index in [1.165, 1.54) is 29.0 Å². The van der Waals surface area contributed by atoms with Gasteiger partial charge in [0.25, 0.3) is 0 Å². The molecule has 4 heteroatoms. The third-order valence-electron chi connectivity index (χ3n) is 5.36. The minimum Gasteiger partial charge on any atom is -0.387 e. The number of rotatable bonds is 2. The summed E-state index contributed by atoms with van der Waals surface area (Å²) in [6.07, 6.45) is 3.03. The van der Waals surface area contributed by atoms with Gasteiger partial charge in [0.05, 0.1) is 6.10 Å². The summed E-state index contributed by atoms with van der Waals surface area (Å²) in [6, 6.07) is 17.2. The number of benzene rings is 3. The van der Waals surface area contributed by atoms with Crippen LogP contribution in [0.1, 0.15) is 30.9 Å². The van der Waals surface area contributed by atoms with Crippen molar-refractivity contribution in [3.63, 3.8) is 0 Å². The molecule has 0 spiro atoms. The molecule has 0 amide bonds. The van der Waals surface area contributed by atoms with Crippen LogP contribution in [0.25, 0.3) is 21.5 Å². The fourth-order valence-electron chi connectivity index (χ4n) is 4.06. The molecule has 2 unspecified atom stereocenters. The van der Waals surface area contributed by atoms with Gasteiger partial charge in [0.1, 0.15) is 0 Å². The van der Waals surface area contributed by atoms with E-state index in [9.17, 15) is 5.11 Å². The molecular weight excluding hydrogens is 398 g/mol. The Morgan fingerprint density at radius 2 is 1.84 bits per heavy atom. The number of fused-ring (bicyclic) bond motifs is 3. The Morgan fingerprint density at radius 1 is 1.04 bits per heavy atom. The van der Waals surface area contributed by atoms with Crippen molar-refractivity contribution in [2.45, 2.75) is 31.4 Å². The smallest absolute Gasteiger partial charge is 0.0951 e. The SMILES string of the molecule is CN1CCCCC1C(O)c1cc2ccccc2c2cc(Br)ccc12.Cl. The van der Waals surface area contributed by atoms with Crippen LogP contribution in [-0.4, -0.2) is 29.6 Å². The molecule has 3 aromatic rings. The molecule has 3 aromatic carbocycles. The van der Waals surface area contributed by atoms with Crippen LogP contribution >= 0.6 is 28.3 Å². The maximum Gasteiger partial charge on any atom is 0.0951 e. The van der Waals surface area contributed by atoms with Crippen molar-refractivity contribution in [2.24, 2.45) is 0 Å². The first-order valence-corrected chi connectivity index (χ1v) is 9.43. The molecule has 0 aliphatic carbocycles. The van der Waals surface area contributed by atoms with Crippen molar-refractivity contribution in [3.8, 4) is 0 Å². The Labute approximate surface area is 163 Å². The first kappa shape index (κ1) is 18.7. The largest absolute Gasteiger partial charge is 0.387 e. The Morgan fingerprint density at radius 3 is 2.64 bits per heavy atom. The topological polar surface area (TPSA) is 23.5 Å². The molecular formula is C21H23BrClNO. The van der Waals surface area contributed by atoms with E-state index < -0.39 is 6.10 Å². The normalized spacial score (nSPS) is 19.7. The van der Waals surface area contributed by atoms with Gasteiger partial charge in [0, 0.05) is 10.5 Å². The lowest BCUT2D eigenvalue weighted by Gasteiger charge is -2.36. The predicted octanol–water partition coefficient (Wildman–Crippen LogP) is 5.70. The Kier molecular flexibility index (Phi) is 5.69. The van der Waals surface area contributed by atoms with Gasteiger partial charge < -0.3 is 10.0 Å². The highest BCUT2D eigenvalue weighted by Crippen LogP contribution is 2.37. The van der Waals surface area contributed by atoms with Crippen LogP contribution in [0.4, 0.5) is 0 Å². The third-order valence-corrected chi connectivity index (χ3v) is 5.86. The average molecular weight is 421 g/mol. The van der Waals surface area contributed by atoms with Crippen LogP contribution < -0.4 is 0 Å². The highest BCUT2D eigenvalue weighted by atomic mass is 79.9. The van der Waals surface area contributed by atoms with Crippen molar-refractivity contribution < 1.29 is 5.11 Å². The van der Waals surface area contributed by atoms with Crippen LogP contribution in [0.2, 0.25) is 0 Å². The number of likely N-dealkylation sites (tertiary alicyclic amines) is 1. The Balaban J connectivity index is 0.00000182. The summed E-state index contributed by atoms with van der Waals surface area (Å²) in [5.74, 6) is 0. The molecule has 1 heterocycles. The number of hydrogen-bond acceptors (Lipinski definition) is 2. The lowest BCUT2D eigenvalue weighted by atomic mass is 9.88. The second-order valence-electron chi connectivity index (χ2n) is 6.87. The second kappa shape index (κ2) is 7.63. The van der Waals surface area contributed by atoms with E-state index >= 15 is 0 Å². The predicted molar refractivity (Wildman–Crippen MR) is 112 cm³/mol. The number of aliphatic hydroxyl groups is 1. The Hall–Kier alpha value is -1.13. The zero-order valence-electron chi connectivity index (χ0n) is 14.3. The van der Waals surface area contributed by atoms with Gasteiger partial charge in [-0.2, -0.15) is 0 Å². The molecule has 1 N–H and O–H groups in total. The zero-order valence-corrected chi connectivity index (χ0v) is 16.7. The number of likely N-dealkylation sites (N-methyl/N-ethyl adjacent to an activating group) is 1. The number of halogens is 2. The minimum atomic E-state index is -0.455. The molecule has 2 atom stereocenters. The van der Waals surface area contributed by atoms with Gasteiger partial charge in [-0.1, -0.05) is 52.7 Å². The summed E-state index contributed by atoms with van der Waals surface area (Å²) in [7, 11) is 2.13. The Bertz CT molecular complexity index is 898. The van der Waals surface area contributed by atoms with Gasteiger partial charge in [-0.25, -0.2) is 0 Å². The molecule has 0 saturated carbocycles. The third kappa shape index (κ3) is 3.43. The maximum absolute atomic E-state index is 11.2. The lowest BCUT2D eigenvalue weighted by Crippen LogP contribution is -2.40. The maximum atomic E-state index is 11.2. The van der Waals surface area contributed by atoms with Gasteiger partial charge >= 0.3 is 0 Å². The van der Waals surface area contributed by atoms with E-state index in [-0.39, 0.29) is 18.4 Å². The quantitative estimate of drug-likeness (QED) is 0.538. The van der Waals surface area contributed by atoms with Gasteiger partial charge in [0.15, 0.2) is 0 Å². The van der Waals surface area contributed by atoms with E-state index in [4.69, 9.17) is 0 Å². The van der Waals surface area contributed by atoms with Gasteiger partial charge in [-0.05, 0) is 71.7 Å². The van der Waals surface area contributed by atoms with Crippen molar-refractivity contribution in [1.82, 2.24) is 4.90 Å². The molecule has 0 aromatic heterocycles. The van der Waals surface area contributed by atoms with Crippen LogP contribution in [0.15, 0.2) is 53.0 Å². The minimum absolute atomic E-state index is 0. The highest BCUT2D eigenvalue weighted by Gasteiger charge is 2.28. The van der Waals surface area contributed by atoms with Crippen LogP contribution in [-0.2, 0) is 0 Å². The van der Waals surface area contributed by atoms with Crippen molar-refractivity contribution in [3.05, 3.63) is 58.6 Å². The summed E-state index contributed by atoms with van der Waals surface area (Å²) in [5, 5.41) is 16.0. The summed E-state index contributed by atoms with van der Waals surface area (Å²) in [5.41, 5.74) is 1.05. The first-order valence-electron chi connectivity index (χ1n) is 8.64. The van der Waals surface area contributed by atoms with E-state index in [0.717, 1.165) is 28.4 Å². The molecule has 132 valence electrons. The van der Waals surface area contributed by atoms with Crippen LogP contribution in [0.3, 0.4) is 0 Å². The molecule has 4 rings (SSSR count). The molecule has 1 fully saturated rings. The molecule has 25 heavy (non-hydrogen) atoms. The molecule has 1 aliphatic heterocycles. The summed E-state index contributed by atoms with van der Waals surface area (Å²) in [6.45, 7) is 1.07. The van der Waals surface area contributed by atoms with E-state index in [2.05, 4.69) is 76.4 Å². The fourth-order valence-corrected chi connectivity index (χ4v) is 4.42. The molecule has 1 saturated heterocycles. The van der Waals surface area contributed by atoms with Gasteiger partial charge in [-0.3, -0.25) is 0 Å². The van der Waals surface area contributed by atoms with Gasteiger partial charge in [-0.15, -0.1) is 12.4 Å². The lowest BCUT2D eigenvalue weighted by molar-refractivity contribution is 0.0413. The molecule has 2 nitrogen and oxygen atoms in total. The molecule has 0 bridgehead atoms. The number of nitrogens with zero attached hydrogens (tertiary/aromatic N) is 1. The summed E-state index contributed by atoms with van der Waals surface area (Å²) in [4.78, 5) is 2.31. The first-order chi connectivity index (χ1) is 11.6. The zero-order chi connectivity index (χ0) is 16.7. The van der Waals surface area contributed by atoms with Crippen molar-refractivity contribution in [1.29, 1.82) is 0 Å².